The molecule has 2 heterocycles. The average Bonchev–Trinajstić information content (AvgIpc) is 2.78. The summed E-state index contributed by atoms with van der Waals surface area (Å²) in [6, 6.07) is 10.1. The highest BCUT2D eigenvalue weighted by atomic mass is 32.2. The number of hydrogen-bond donors (Lipinski definition) is 0. The summed E-state index contributed by atoms with van der Waals surface area (Å²) in [5.74, 6) is 2.66. The Morgan fingerprint density at radius 3 is 2.70 bits per heavy atom. The highest BCUT2D eigenvalue weighted by molar-refractivity contribution is 7.99. The second-order valence-corrected chi connectivity index (χ2v) is 5.98. The molecule has 0 saturated heterocycles. The van der Waals surface area contributed by atoms with Crippen LogP contribution < -0.4 is 4.74 Å². The number of ketones is 1. The predicted molar refractivity (Wildman–Crippen MR) is 81.8 cm³/mol. The Bertz CT molecular complexity index is 643. The van der Waals surface area contributed by atoms with E-state index in [9.17, 15) is 4.79 Å². The lowest BCUT2D eigenvalue weighted by atomic mass is 10.1. The first-order valence-electron chi connectivity index (χ1n) is 6.62. The summed E-state index contributed by atoms with van der Waals surface area (Å²) in [7, 11) is 1.67. The molecule has 1 aromatic carbocycles. The number of aryl methyl sites for hydroxylation is 1. The summed E-state index contributed by atoms with van der Waals surface area (Å²) in [4.78, 5) is 11.9. The number of benzene rings is 1. The van der Waals surface area contributed by atoms with Gasteiger partial charge in [-0.3, -0.25) is 4.79 Å². The molecule has 0 spiro atoms. The number of Topliss-reactive ketones (excluding diaryl/α,β-unsaturated/α-hetero) is 1. The van der Waals surface area contributed by atoms with Gasteiger partial charge in [-0.05, 0) is 30.7 Å². The molecule has 0 saturated carbocycles. The van der Waals surface area contributed by atoms with Gasteiger partial charge >= 0.3 is 0 Å². The van der Waals surface area contributed by atoms with Gasteiger partial charge in [-0.1, -0.05) is 12.1 Å². The lowest BCUT2D eigenvalue weighted by Gasteiger charge is -2.16. The van der Waals surface area contributed by atoms with Crippen molar-refractivity contribution >= 4 is 17.5 Å². The molecule has 1 aliphatic rings. The minimum Gasteiger partial charge on any atom is -0.497 e. The third-order valence-electron chi connectivity index (χ3n) is 3.69. The van der Waals surface area contributed by atoms with Crippen molar-refractivity contribution in [1.82, 2.24) is 4.57 Å². The Labute approximate surface area is 122 Å². The van der Waals surface area contributed by atoms with Crippen LogP contribution in [0.1, 0.15) is 27.3 Å². The molecule has 0 amide bonds. The van der Waals surface area contributed by atoms with Crippen molar-refractivity contribution in [1.29, 1.82) is 0 Å². The Balaban J connectivity index is 1.92. The molecule has 104 valence electrons. The van der Waals surface area contributed by atoms with E-state index < -0.39 is 0 Å². The monoisotopic (exact) mass is 287 g/mol. The van der Waals surface area contributed by atoms with Crippen molar-refractivity contribution in [3.63, 3.8) is 0 Å². The SMILES string of the molecule is COc1ccc(Cn2c(C)cc3c2CSCC3=O)cc1. The maximum absolute atomic E-state index is 11.9. The van der Waals surface area contributed by atoms with Gasteiger partial charge in [-0.15, -0.1) is 11.8 Å². The third kappa shape index (κ3) is 2.36. The van der Waals surface area contributed by atoms with Gasteiger partial charge in [0.2, 0.25) is 0 Å². The molecule has 0 atom stereocenters. The van der Waals surface area contributed by atoms with E-state index in [4.69, 9.17) is 4.74 Å². The number of thioether (sulfide) groups is 1. The van der Waals surface area contributed by atoms with Crippen molar-refractivity contribution in [3.05, 3.63) is 52.8 Å². The van der Waals surface area contributed by atoms with Gasteiger partial charge < -0.3 is 9.30 Å². The van der Waals surface area contributed by atoms with Crippen LogP contribution in [0.4, 0.5) is 0 Å². The van der Waals surface area contributed by atoms with E-state index in [1.165, 1.54) is 11.3 Å². The Kier molecular flexibility index (Phi) is 3.57. The summed E-state index contributed by atoms with van der Waals surface area (Å²) in [6.07, 6.45) is 0. The fraction of sp³-hybridized carbons (Fsp3) is 0.312. The van der Waals surface area contributed by atoms with Crippen molar-refractivity contribution in [2.24, 2.45) is 0 Å². The first kappa shape index (κ1) is 13.3. The van der Waals surface area contributed by atoms with Crippen LogP contribution in [0.25, 0.3) is 0 Å². The highest BCUT2D eigenvalue weighted by Gasteiger charge is 2.22. The molecule has 1 aliphatic heterocycles. The molecule has 2 aromatic rings. The van der Waals surface area contributed by atoms with Gasteiger partial charge in [-0.25, -0.2) is 0 Å². The number of fused-ring (bicyclic) bond motifs is 1. The van der Waals surface area contributed by atoms with Crippen LogP contribution in [-0.2, 0) is 12.3 Å². The third-order valence-corrected chi connectivity index (χ3v) is 4.63. The Morgan fingerprint density at radius 1 is 1.25 bits per heavy atom. The van der Waals surface area contributed by atoms with Gasteiger partial charge in [0, 0.05) is 29.2 Å². The standard InChI is InChI=1S/C16H17NO2S/c1-11-7-14-15(9-20-10-16(14)18)17(11)8-12-3-5-13(19-2)6-4-12/h3-7H,8-10H2,1-2H3. The molecule has 0 radical (unpaired) electrons. The fourth-order valence-electron chi connectivity index (χ4n) is 2.58. The summed E-state index contributed by atoms with van der Waals surface area (Å²) in [5.41, 5.74) is 4.45. The topological polar surface area (TPSA) is 31.2 Å². The van der Waals surface area contributed by atoms with Crippen LogP contribution in [0.2, 0.25) is 0 Å². The molecular formula is C16H17NO2S. The molecule has 1 aromatic heterocycles. The van der Waals surface area contributed by atoms with Gasteiger partial charge in [0.05, 0.1) is 12.9 Å². The number of methoxy groups -OCH3 is 1. The van der Waals surface area contributed by atoms with E-state index in [1.54, 1.807) is 18.9 Å². The highest BCUT2D eigenvalue weighted by Crippen LogP contribution is 2.28. The first-order valence-corrected chi connectivity index (χ1v) is 7.77. The van der Waals surface area contributed by atoms with E-state index in [2.05, 4.69) is 23.6 Å². The summed E-state index contributed by atoms with van der Waals surface area (Å²) in [5, 5.41) is 0. The van der Waals surface area contributed by atoms with Crippen molar-refractivity contribution in [3.8, 4) is 5.75 Å². The average molecular weight is 287 g/mol. The quantitative estimate of drug-likeness (QED) is 0.868. The number of aromatic nitrogens is 1. The minimum atomic E-state index is 0.257. The molecule has 0 unspecified atom stereocenters. The zero-order chi connectivity index (χ0) is 14.1. The second-order valence-electron chi connectivity index (χ2n) is 5.00. The van der Waals surface area contributed by atoms with Gasteiger partial charge in [0.25, 0.3) is 0 Å². The molecule has 0 aliphatic carbocycles. The number of ether oxygens (including phenoxy) is 1. The van der Waals surface area contributed by atoms with Crippen molar-refractivity contribution in [2.45, 2.75) is 19.2 Å². The first-order chi connectivity index (χ1) is 9.69. The summed E-state index contributed by atoms with van der Waals surface area (Å²) >= 11 is 1.70. The minimum absolute atomic E-state index is 0.257. The molecule has 0 fully saturated rings. The van der Waals surface area contributed by atoms with Gasteiger partial charge in [0.15, 0.2) is 5.78 Å². The van der Waals surface area contributed by atoms with Crippen LogP contribution >= 0.6 is 11.8 Å². The molecule has 3 nitrogen and oxygen atoms in total. The van der Waals surface area contributed by atoms with Gasteiger partial charge in [-0.2, -0.15) is 0 Å². The van der Waals surface area contributed by atoms with E-state index in [1.807, 2.05) is 18.2 Å². The Morgan fingerprint density at radius 2 is 2.00 bits per heavy atom. The van der Waals surface area contributed by atoms with Crippen LogP contribution in [0.15, 0.2) is 30.3 Å². The molecule has 4 heteroatoms. The molecule has 3 rings (SSSR count). The smallest absolute Gasteiger partial charge is 0.174 e. The van der Waals surface area contributed by atoms with E-state index in [0.717, 1.165) is 29.3 Å². The Hall–Kier alpha value is -1.68. The van der Waals surface area contributed by atoms with Crippen LogP contribution in [0.3, 0.4) is 0 Å². The van der Waals surface area contributed by atoms with Gasteiger partial charge in [0.1, 0.15) is 5.75 Å². The van der Waals surface area contributed by atoms with E-state index in [0.29, 0.717) is 5.75 Å². The number of nitrogens with zero attached hydrogens (tertiary/aromatic N) is 1. The maximum Gasteiger partial charge on any atom is 0.174 e. The lowest BCUT2D eigenvalue weighted by Crippen LogP contribution is -2.14. The van der Waals surface area contributed by atoms with Crippen LogP contribution in [-0.4, -0.2) is 23.2 Å². The maximum atomic E-state index is 11.9. The largest absolute Gasteiger partial charge is 0.497 e. The molecule has 20 heavy (non-hydrogen) atoms. The summed E-state index contributed by atoms with van der Waals surface area (Å²) in [6.45, 7) is 2.87. The summed E-state index contributed by atoms with van der Waals surface area (Å²) < 4.78 is 7.43. The molecule has 0 bridgehead atoms. The number of carbonyl (C=O) groups excluding carboxylic acids is 1. The van der Waals surface area contributed by atoms with Crippen LogP contribution in [0, 0.1) is 6.92 Å². The number of rotatable bonds is 3. The number of carbonyl (C=O) groups is 1. The molecule has 0 N–H and O–H groups in total. The van der Waals surface area contributed by atoms with E-state index >= 15 is 0 Å². The van der Waals surface area contributed by atoms with Crippen LogP contribution in [0.5, 0.6) is 5.75 Å². The fourth-order valence-corrected chi connectivity index (χ4v) is 3.52. The predicted octanol–water partition coefficient (Wildman–Crippen LogP) is 3.28. The lowest BCUT2D eigenvalue weighted by molar-refractivity contribution is 0.102. The normalized spacial score (nSPS) is 14.2. The molecular weight excluding hydrogens is 270 g/mol. The zero-order valence-corrected chi connectivity index (χ0v) is 12.5. The number of hydrogen-bond acceptors (Lipinski definition) is 3. The van der Waals surface area contributed by atoms with Crippen molar-refractivity contribution in [2.75, 3.05) is 12.9 Å². The van der Waals surface area contributed by atoms with E-state index in [-0.39, 0.29) is 5.78 Å². The second kappa shape index (κ2) is 5.37. The van der Waals surface area contributed by atoms with Crippen molar-refractivity contribution < 1.29 is 9.53 Å². The zero-order valence-electron chi connectivity index (χ0n) is 11.7.